The molecule has 1 N–H and O–H groups in total. The van der Waals surface area contributed by atoms with Crippen molar-refractivity contribution >= 4 is 40.6 Å². The maximum absolute atomic E-state index is 12.2. The molecule has 0 saturated heterocycles. The van der Waals surface area contributed by atoms with Crippen LogP contribution in [0.3, 0.4) is 0 Å². The van der Waals surface area contributed by atoms with E-state index in [0.717, 1.165) is 27.1 Å². The van der Waals surface area contributed by atoms with E-state index in [9.17, 15) is 4.79 Å². The van der Waals surface area contributed by atoms with Gasteiger partial charge >= 0.3 is 0 Å². The fourth-order valence-corrected chi connectivity index (χ4v) is 4.84. The molecule has 9 heteroatoms. The number of carbonyl (C=O) groups is 1. The maximum atomic E-state index is 12.2. The van der Waals surface area contributed by atoms with Gasteiger partial charge in [0, 0.05) is 30.0 Å². The fourth-order valence-electron chi connectivity index (χ4n) is 3.05. The summed E-state index contributed by atoms with van der Waals surface area (Å²) in [5.74, 6) is 1.37. The standard InChI is InChI=1S/C23H21ClN4O2S2/c1-30-12-11-25-22(29)17-9-7-16(8-10-17)15-32-23-27-26-21(20-6-3-13-31-20)28(23)19-5-2-4-18(24)14-19/h2-10,13-14H,11-12,15H2,1H3,(H,25,29). The Morgan fingerprint density at radius 2 is 2.00 bits per heavy atom. The molecular formula is C23H21ClN4O2S2. The minimum absolute atomic E-state index is 0.109. The molecule has 0 aliphatic heterocycles. The molecule has 2 heterocycles. The number of benzene rings is 2. The van der Waals surface area contributed by atoms with Crippen LogP contribution in [0.2, 0.25) is 5.02 Å². The Balaban J connectivity index is 1.52. The minimum Gasteiger partial charge on any atom is -0.383 e. The van der Waals surface area contributed by atoms with Crippen LogP contribution in [0.5, 0.6) is 0 Å². The van der Waals surface area contributed by atoms with Crippen molar-refractivity contribution in [1.29, 1.82) is 0 Å². The number of nitrogens with one attached hydrogen (secondary N) is 1. The lowest BCUT2D eigenvalue weighted by atomic mass is 10.1. The number of ether oxygens (including phenoxy) is 1. The van der Waals surface area contributed by atoms with Gasteiger partial charge in [0.25, 0.3) is 5.91 Å². The largest absolute Gasteiger partial charge is 0.383 e. The van der Waals surface area contributed by atoms with Crippen LogP contribution in [0.15, 0.2) is 71.2 Å². The van der Waals surface area contributed by atoms with Crippen LogP contribution in [-0.4, -0.2) is 40.9 Å². The maximum Gasteiger partial charge on any atom is 0.251 e. The molecule has 0 radical (unpaired) electrons. The van der Waals surface area contributed by atoms with Gasteiger partial charge in [0.1, 0.15) is 0 Å². The van der Waals surface area contributed by atoms with Gasteiger partial charge in [0.15, 0.2) is 11.0 Å². The SMILES string of the molecule is COCCNC(=O)c1ccc(CSc2nnc(-c3cccs3)n2-c2cccc(Cl)c2)cc1. The number of aromatic nitrogens is 3. The average molecular weight is 485 g/mol. The molecule has 0 fully saturated rings. The van der Waals surface area contributed by atoms with Crippen LogP contribution >= 0.6 is 34.7 Å². The zero-order chi connectivity index (χ0) is 22.3. The third-order valence-corrected chi connectivity index (χ3v) is 6.72. The molecular weight excluding hydrogens is 464 g/mol. The van der Waals surface area contributed by atoms with Crippen molar-refractivity contribution < 1.29 is 9.53 Å². The van der Waals surface area contributed by atoms with Gasteiger partial charge in [-0.05, 0) is 47.3 Å². The Hall–Kier alpha value is -2.65. The van der Waals surface area contributed by atoms with E-state index in [1.54, 1.807) is 30.2 Å². The predicted octanol–water partition coefficient (Wildman–Crippen LogP) is 5.32. The highest BCUT2D eigenvalue weighted by atomic mass is 35.5. The summed E-state index contributed by atoms with van der Waals surface area (Å²) in [6.07, 6.45) is 0. The van der Waals surface area contributed by atoms with Crippen molar-refractivity contribution in [2.75, 3.05) is 20.3 Å². The van der Waals surface area contributed by atoms with E-state index in [1.807, 2.05) is 70.6 Å². The van der Waals surface area contributed by atoms with Gasteiger partial charge in [-0.3, -0.25) is 9.36 Å². The topological polar surface area (TPSA) is 69.0 Å². The first-order valence-corrected chi connectivity index (χ1v) is 12.1. The number of methoxy groups -OCH3 is 1. The molecule has 0 aliphatic carbocycles. The summed E-state index contributed by atoms with van der Waals surface area (Å²) >= 11 is 9.45. The smallest absolute Gasteiger partial charge is 0.251 e. The lowest BCUT2D eigenvalue weighted by molar-refractivity contribution is 0.0937. The zero-order valence-electron chi connectivity index (χ0n) is 17.3. The molecule has 4 aromatic rings. The van der Waals surface area contributed by atoms with Crippen molar-refractivity contribution in [2.24, 2.45) is 0 Å². The molecule has 2 aromatic carbocycles. The number of nitrogens with zero attached hydrogens (tertiary/aromatic N) is 3. The summed E-state index contributed by atoms with van der Waals surface area (Å²) in [5.41, 5.74) is 2.62. The lowest BCUT2D eigenvalue weighted by Crippen LogP contribution is -2.26. The molecule has 1 amide bonds. The molecule has 0 atom stereocenters. The highest BCUT2D eigenvalue weighted by Gasteiger charge is 2.17. The number of thioether (sulfide) groups is 1. The number of hydrogen-bond donors (Lipinski definition) is 1. The first-order chi connectivity index (χ1) is 15.7. The van der Waals surface area contributed by atoms with Gasteiger partial charge in [-0.1, -0.05) is 47.6 Å². The monoisotopic (exact) mass is 484 g/mol. The molecule has 32 heavy (non-hydrogen) atoms. The van der Waals surface area contributed by atoms with Crippen LogP contribution in [0.1, 0.15) is 15.9 Å². The summed E-state index contributed by atoms with van der Waals surface area (Å²) in [7, 11) is 1.61. The van der Waals surface area contributed by atoms with Gasteiger partial charge in [-0.2, -0.15) is 0 Å². The van der Waals surface area contributed by atoms with E-state index >= 15 is 0 Å². The van der Waals surface area contributed by atoms with Crippen LogP contribution in [0, 0.1) is 0 Å². The second-order valence-corrected chi connectivity index (χ2v) is 9.16. The zero-order valence-corrected chi connectivity index (χ0v) is 19.7. The van der Waals surface area contributed by atoms with E-state index in [4.69, 9.17) is 16.3 Å². The Kier molecular flexibility index (Phi) is 7.59. The van der Waals surface area contributed by atoms with Gasteiger partial charge in [-0.25, -0.2) is 0 Å². The highest BCUT2D eigenvalue weighted by molar-refractivity contribution is 7.98. The number of hydrogen-bond acceptors (Lipinski definition) is 6. The number of halogens is 1. The van der Waals surface area contributed by atoms with E-state index in [-0.39, 0.29) is 5.91 Å². The second-order valence-electron chi connectivity index (χ2n) is 6.83. The Morgan fingerprint density at radius 3 is 2.72 bits per heavy atom. The Bertz CT molecular complexity index is 1180. The number of rotatable bonds is 9. The average Bonchev–Trinajstić information content (AvgIpc) is 3.48. The quantitative estimate of drug-likeness (QED) is 0.257. The van der Waals surface area contributed by atoms with Crippen LogP contribution in [-0.2, 0) is 10.5 Å². The van der Waals surface area contributed by atoms with Gasteiger partial charge in [-0.15, -0.1) is 21.5 Å². The molecule has 0 aliphatic rings. The molecule has 0 saturated carbocycles. The van der Waals surface area contributed by atoms with Gasteiger partial charge in [0.05, 0.1) is 17.2 Å². The molecule has 0 unspecified atom stereocenters. The molecule has 2 aromatic heterocycles. The summed E-state index contributed by atoms with van der Waals surface area (Å²) in [6, 6.07) is 19.3. The van der Waals surface area contributed by atoms with E-state index in [0.29, 0.717) is 29.5 Å². The number of carbonyl (C=O) groups excluding carboxylic acids is 1. The van der Waals surface area contributed by atoms with E-state index in [1.165, 1.54) is 0 Å². The summed E-state index contributed by atoms with van der Waals surface area (Å²) in [6.45, 7) is 0.972. The Morgan fingerprint density at radius 1 is 1.16 bits per heavy atom. The first kappa shape index (κ1) is 22.5. The molecule has 0 spiro atoms. The molecule has 4 rings (SSSR count). The third kappa shape index (κ3) is 5.39. The summed E-state index contributed by atoms with van der Waals surface area (Å²) < 4.78 is 6.99. The van der Waals surface area contributed by atoms with E-state index < -0.39 is 0 Å². The summed E-state index contributed by atoms with van der Waals surface area (Å²) in [5, 5.41) is 15.2. The van der Waals surface area contributed by atoms with Crippen LogP contribution < -0.4 is 5.32 Å². The fraction of sp³-hybridized carbons (Fsp3) is 0.174. The third-order valence-electron chi connectivity index (χ3n) is 4.62. The molecule has 0 bridgehead atoms. The number of thiophene rings is 1. The van der Waals surface area contributed by atoms with Crippen molar-refractivity contribution in [3.8, 4) is 16.4 Å². The van der Waals surface area contributed by atoms with Crippen LogP contribution in [0.25, 0.3) is 16.4 Å². The Labute approximate surface area is 199 Å². The van der Waals surface area contributed by atoms with Crippen molar-refractivity contribution in [3.63, 3.8) is 0 Å². The summed E-state index contributed by atoms with van der Waals surface area (Å²) in [4.78, 5) is 13.2. The van der Waals surface area contributed by atoms with Crippen LogP contribution in [0.4, 0.5) is 0 Å². The van der Waals surface area contributed by atoms with Gasteiger partial charge in [0.2, 0.25) is 0 Å². The lowest BCUT2D eigenvalue weighted by Gasteiger charge is -2.10. The first-order valence-electron chi connectivity index (χ1n) is 9.90. The minimum atomic E-state index is -0.109. The number of amides is 1. The molecule has 164 valence electrons. The predicted molar refractivity (Wildman–Crippen MR) is 130 cm³/mol. The normalized spacial score (nSPS) is 10.9. The van der Waals surface area contributed by atoms with Crippen molar-refractivity contribution in [1.82, 2.24) is 20.1 Å². The van der Waals surface area contributed by atoms with Gasteiger partial charge < -0.3 is 10.1 Å². The van der Waals surface area contributed by atoms with E-state index in [2.05, 4.69) is 15.5 Å². The van der Waals surface area contributed by atoms with Crippen molar-refractivity contribution in [2.45, 2.75) is 10.9 Å². The highest BCUT2D eigenvalue weighted by Crippen LogP contribution is 2.32. The molecule has 6 nitrogen and oxygen atoms in total. The van der Waals surface area contributed by atoms with Crippen molar-refractivity contribution in [3.05, 3.63) is 82.2 Å². The second kappa shape index (κ2) is 10.8.